The summed E-state index contributed by atoms with van der Waals surface area (Å²) < 4.78 is 2.06. The second kappa shape index (κ2) is 6.41. The SMILES string of the molecule is C=C(NC)c1ccc(Nc2ncc(-c3cnc4ccccn34)s2)cc1. The number of imidazole rings is 1. The number of nitrogens with one attached hydrogen (secondary N) is 2. The molecule has 0 aliphatic carbocycles. The van der Waals surface area contributed by atoms with Crippen LogP contribution in [-0.2, 0) is 0 Å². The van der Waals surface area contributed by atoms with E-state index < -0.39 is 0 Å². The fourth-order valence-electron chi connectivity index (χ4n) is 2.59. The van der Waals surface area contributed by atoms with Crippen LogP contribution in [-0.4, -0.2) is 21.4 Å². The van der Waals surface area contributed by atoms with Gasteiger partial charge in [-0.2, -0.15) is 0 Å². The molecule has 3 aromatic heterocycles. The van der Waals surface area contributed by atoms with Gasteiger partial charge in [-0.25, -0.2) is 9.97 Å². The summed E-state index contributed by atoms with van der Waals surface area (Å²) in [6.45, 7) is 3.96. The Bertz CT molecular complexity index is 1030. The van der Waals surface area contributed by atoms with Crippen LogP contribution in [0.3, 0.4) is 0 Å². The van der Waals surface area contributed by atoms with Crippen molar-refractivity contribution in [3.63, 3.8) is 0 Å². The molecule has 0 amide bonds. The first kappa shape index (κ1) is 15.4. The zero-order chi connectivity index (χ0) is 17.2. The number of benzene rings is 1. The van der Waals surface area contributed by atoms with E-state index in [-0.39, 0.29) is 0 Å². The highest BCUT2D eigenvalue weighted by Crippen LogP contribution is 2.31. The molecule has 0 fully saturated rings. The van der Waals surface area contributed by atoms with Crippen LogP contribution in [0.15, 0.2) is 67.6 Å². The summed E-state index contributed by atoms with van der Waals surface area (Å²) in [5, 5.41) is 7.24. The third kappa shape index (κ3) is 2.99. The zero-order valence-electron chi connectivity index (χ0n) is 13.7. The number of hydrogen-bond donors (Lipinski definition) is 2. The molecule has 6 heteroatoms. The van der Waals surface area contributed by atoms with E-state index in [0.717, 1.165) is 38.3 Å². The van der Waals surface area contributed by atoms with Crippen LogP contribution in [0.2, 0.25) is 0 Å². The van der Waals surface area contributed by atoms with E-state index in [1.54, 1.807) is 11.3 Å². The average molecular weight is 347 g/mol. The lowest BCUT2D eigenvalue weighted by atomic mass is 10.1. The Morgan fingerprint density at radius 1 is 1.08 bits per heavy atom. The van der Waals surface area contributed by atoms with Crippen molar-refractivity contribution >= 4 is 33.5 Å². The Kier molecular flexibility index (Phi) is 3.95. The van der Waals surface area contributed by atoms with Crippen molar-refractivity contribution in [3.05, 3.63) is 73.2 Å². The normalized spacial score (nSPS) is 10.8. The number of anilines is 2. The summed E-state index contributed by atoms with van der Waals surface area (Å²) in [5.41, 5.74) is 4.93. The molecule has 0 spiro atoms. The van der Waals surface area contributed by atoms with Crippen molar-refractivity contribution < 1.29 is 0 Å². The molecule has 25 heavy (non-hydrogen) atoms. The number of aromatic nitrogens is 3. The third-order valence-corrected chi connectivity index (χ3v) is 4.90. The van der Waals surface area contributed by atoms with Gasteiger partial charge in [-0.15, -0.1) is 0 Å². The molecule has 4 aromatic rings. The van der Waals surface area contributed by atoms with Crippen LogP contribution in [0.4, 0.5) is 10.8 Å². The highest BCUT2D eigenvalue weighted by molar-refractivity contribution is 7.18. The largest absolute Gasteiger partial charge is 0.388 e. The van der Waals surface area contributed by atoms with E-state index in [2.05, 4.69) is 31.6 Å². The molecular weight excluding hydrogens is 330 g/mol. The highest BCUT2D eigenvalue weighted by Gasteiger charge is 2.09. The number of rotatable bonds is 5. The molecule has 0 radical (unpaired) electrons. The summed E-state index contributed by atoms with van der Waals surface area (Å²) in [6, 6.07) is 14.1. The van der Waals surface area contributed by atoms with Gasteiger partial charge in [0.2, 0.25) is 0 Å². The molecule has 0 saturated carbocycles. The minimum atomic E-state index is 0.848. The van der Waals surface area contributed by atoms with Crippen LogP contribution < -0.4 is 10.6 Å². The molecule has 0 saturated heterocycles. The first-order chi connectivity index (χ1) is 12.2. The Morgan fingerprint density at radius 3 is 2.72 bits per heavy atom. The van der Waals surface area contributed by atoms with Crippen LogP contribution in [0, 0.1) is 0 Å². The Hall–Kier alpha value is -3.12. The van der Waals surface area contributed by atoms with Crippen LogP contribution in [0.1, 0.15) is 5.56 Å². The minimum Gasteiger partial charge on any atom is -0.388 e. The molecule has 0 atom stereocenters. The van der Waals surface area contributed by atoms with E-state index in [1.165, 1.54) is 0 Å². The number of fused-ring (bicyclic) bond motifs is 1. The van der Waals surface area contributed by atoms with Gasteiger partial charge in [0.25, 0.3) is 0 Å². The van der Waals surface area contributed by atoms with Crippen LogP contribution in [0.25, 0.3) is 21.9 Å². The van der Waals surface area contributed by atoms with Crippen LogP contribution in [0.5, 0.6) is 0 Å². The molecule has 3 heterocycles. The molecule has 124 valence electrons. The average Bonchev–Trinajstić information content (AvgIpc) is 3.28. The Labute approximate surface area is 149 Å². The third-order valence-electron chi connectivity index (χ3n) is 3.96. The molecule has 0 aliphatic rings. The van der Waals surface area contributed by atoms with Gasteiger partial charge >= 0.3 is 0 Å². The molecule has 4 rings (SSSR count). The molecule has 0 unspecified atom stereocenters. The quantitative estimate of drug-likeness (QED) is 0.562. The smallest absolute Gasteiger partial charge is 0.187 e. The van der Waals surface area contributed by atoms with Gasteiger partial charge in [0, 0.05) is 30.8 Å². The number of pyridine rings is 1. The first-order valence-electron chi connectivity index (χ1n) is 7.87. The lowest BCUT2D eigenvalue weighted by Gasteiger charge is -2.07. The van der Waals surface area contributed by atoms with Crippen molar-refractivity contribution in [2.45, 2.75) is 0 Å². The Balaban J connectivity index is 1.56. The van der Waals surface area contributed by atoms with Gasteiger partial charge in [-0.1, -0.05) is 36.1 Å². The topological polar surface area (TPSA) is 54.2 Å². The number of thiazole rings is 1. The van der Waals surface area contributed by atoms with Gasteiger partial charge < -0.3 is 10.6 Å². The van der Waals surface area contributed by atoms with Crippen molar-refractivity contribution in [2.75, 3.05) is 12.4 Å². The summed E-state index contributed by atoms with van der Waals surface area (Å²) in [4.78, 5) is 9.98. The minimum absolute atomic E-state index is 0.848. The summed E-state index contributed by atoms with van der Waals surface area (Å²) in [6.07, 6.45) is 5.77. The summed E-state index contributed by atoms with van der Waals surface area (Å²) in [7, 11) is 1.87. The molecule has 2 N–H and O–H groups in total. The van der Waals surface area contributed by atoms with Gasteiger partial charge in [-0.3, -0.25) is 4.40 Å². The fraction of sp³-hybridized carbons (Fsp3) is 0.0526. The second-order valence-electron chi connectivity index (χ2n) is 5.53. The van der Waals surface area contributed by atoms with Crippen molar-refractivity contribution in [2.24, 2.45) is 0 Å². The standard InChI is InChI=1S/C19H17N5S/c1-13(20-2)14-6-8-15(9-7-14)23-19-22-12-17(25-19)16-11-21-18-5-3-4-10-24(16)18/h3-12,20H,1H2,2H3,(H,22,23). The molecule has 0 bridgehead atoms. The van der Waals surface area contributed by atoms with E-state index in [9.17, 15) is 0 Å². The van der Waals surface area contributed by atoms with Gasteiger partial charge in [0.1, 0.15) is 5.65 Å². The van der Waals surface area contributed by atoms with Gasteiger partial charge in [0.05, 0.1) is 16.8 Å². The van der Waals surface area contributed by atoms with Crippen molar-refractivity contribution in [3.8, 4) is 10.6 Å². The maximum atomic E-state index is 4.48. The highest BCUT2D eigenvalue weighted by atomic mass is 32.1. The Morgan fingerprint density at radius 2 is 1.92 bits per heavy atom. The lowest BCUT2D eigenvalue weighted by molar-refractivity contribution is 1.13. The lowest BCUT2D eigenvalue weighted by Crippen LogP contribution is -2.02. The zero-order valence-corrected chi connectivity index (χ0v) is 14.5. The number of nitrogens with zero attached hydrogens (tertiary/aromatic N) is 3. The van der Waals surface area contributed by atoms with Gasteiger partial charge in [0.15, 0.2) is 5.13 Å². The maximum absolute atomic E-state index is 4.48. The molecule has 1 aromatic carbocycles. The predicted molar refractivity (Wildman–Crippen MR) is 104 cm³/mol. The molecule has 0 aliphatic heterocycles. The fourth-order valence-corrected chi connectivity index (χ4v) is 3.43. The number of hydrogen-bond acceptors (Lipinski definition) is 5. The molecule has 5 nitrogen and oxygen atoms in total. The maximum Gasteiger partial charge on any atom is 0.187 e. The first-order valence-corrected chi connectivity index (χ1v) is 8.68. The second-order valence-corrected chi connectivity index (χ2v) is 6.56. The van der Waals surface area contributed by atoms with E-state index >= 15 is 0 Å². The van der Waals surface area contributed by atoms with Gasteiger partial charge in [-0.05, 0) is 29.8 Å². The van der Waals surface area contributed by atoms with Crippen molar-refractivity contribution in [1.82, 2.24) is 19.7 Å². The van der Waals surface area contributed by atoms with E-state index in [4.69, 9.17) is 0 Å². The van der Waals surface area contributed by atoms with E-state index in [0.29, 0.717) is 0 Å². The predicted octanol–water partition coefficient (Wildman–Crippen LogP) is 4.39. The summed E-state index contributed by atoms with van der Waals surface area (Å²) >= 11 is 1.60. The van der Waals surface area contributed by atoms with Crippen LogP contribution >= 0.6 is 11.3 Å². The monoisotopic (exact) mass is 347 g/mol. The molecular formula is C19H17N5S. The van der Waals surface area contributed by atoms with Crippen molar-refractivity contribution in [1.29, 1.82) is 0 Å². The summed E-state index contributed by atoms with van der Waals surface area (Å²) in [5.74, 6) is 0. The van der Waals surface area contributed by atoms with E-state index in [1.807, 2.05) is 68.1 Å².